The van der Waals surface area contributed by atoms with Gasteiger partial charge in [0.1, 0.15) is 0 Å². The number of fused-ring (bicyclic) bond motifs is 1. The molecule has 0 bridgehead atoms. The number of rotatable bonds is 3. The number of hydrogen-bond donors (Lipinski definition) is 0. The fourth-order valence-electron chi connectivity index (χ4n) is 2.58. The zero-order valence-corrected chi connectivity index (χ0v) is 13.6. The highest BCUT2D eigenvalue weighted by atomic mass is 35.5. The summed E-state index contributed by atoms with van der Waals surface area (Å²) in [5.41, 5.74) is 2.82. The van der Waals surface area contributed by atoms with Crippen LogP contribution < -0.4 is 0 Å². The molecule has 0 atom stereocenters. The third-order valence-electron chi connectivity index (χ3n) is 3.80. The van der Waals surface area contributed by atoms with Gasteiger partial charge in [0.05, 0.1) is 12.2 Å². The topological polar surface area (TPSA) is 46.3 Å². The van der Waals surface area contributed by atoms with Crippen LogP contribution in [0.4, 0.5) is 0 Å². The van der Waals surface area contributed by atoms with Gasteiger partial charge in [-0.3, -0.25) is 4.79 Å². The van der Waals surface area contributed by atoms with E-state index in [4.69, 9.17) is 16.1 Å². The van der Waals surface area contributed by atoms with E-state index in [0.717, 1.165) is 16.8 Å². The van der Waals surface area contributed by atoms with Gasteiger partial charge in [-0.05, 0) is 31.2 Å². The second-order valence-electron chi connectivity index (χ2n) is 5.34. The Labute approximate surface area is 140 Å². The van der Waals surface area contributed by atoms with Crippen molar-refractivity contribution in [3.05, 3.63) is 64.8 Å². The van der Waals surface area contributed by atoms with Crippen LogP contribution in [-0.2, 0) is 17.8 Å². The Morgan fingerprint density at radius 1 is 1.30 bits per heavy atom. The second kappa shape index (κ2) is 6.84. The quantitative estimate of drug-likeness (QED) is 0.631. The molecule has 0 fully saturated rings. The van der Waals surface area contributed by atoms with Gasteiger partial charge in [0.25, 0.3) is 0 Å². The van der Waals surface area contributed by atoms with Gasteiger partial charge in [0, 0.05) is 35.2 Å². The van der Waals surface area contributed by atoms with Crippen LogP contribution in [0, 0.1) is 0 Å². The average Bonchev–Trinajstić information content (AvgIpc) is 2.99. The number of aromatic nitrogens is 1. The number of carbonyl (C=O) groups is 1. The summed E-state index contributed by atoms with van der Waals surface area (Å²) in [6.45, 7) is 3.08. The van der Waals surface area contributed by atoms with Crippen LogP contribution in [0.25, 0.3) is 11.3 Å². The van der Waals surface area contributed by atoms with Crippen LogP contribution >= 0.6 is 11.6 Å². The molecule has 5 heteroatoms. The molecule has 0 saturated carbocycles. The minimum Gasteiger partial charge on any atom is -0.356 e. The van der Waals surface area contributed by atoms with Crippen molar-refractivity contribution in [1.82, 2.24) is 10.1 Å². The van der Waals surface area contributed by atoms with E-state index in [1.54, 1.807) is 17.1 Å². The largest absolute Gasteiger partial charge is 0.356 e. The summed E-state index contributed by atoms with van der Waals surface area (Å²) in [5, 5.41) is 4.82. The van der Waals surface area contributed by atoms with Crippen LogP contribution in [0.5, 0.6) is 0 Å². The lowest BCUT2D eigenvalue weighted by molar-refractivity contribution is -0.126. The molecular formula is C18H17ClN2O2. The number of halogens is 1. The van der Waals surface area contributed by atoms with Crippen molar-refractivity contribution in [1.29, 1.82) is 0 Å². The van der Waals surface area contributed by atoms with Crippen molar-refractivity contribution in [2.24, 2.45) is 0 Å². The normalized spacial score (nSPS) is 14.6. The van der Waals surface area contributed by atoms with Crippen molar-refractivity contribution >= 4 is 17.5 Å². The Kier molecular flexibility index (Phi) is 4.63. The molecule has 1 aromatic heterocycles. The smallest absolute Gasteiger partial charge is 0.246 e. The monoisotopic (exact) mass is 328 g/mol. The van der Waals surface area contributed by atoms with Crippen molar-refractivity contribution in [3.8, 4) is 11.3 Å². The summed E-state index contributed by atoms with van der Waals surface area (Å²) in [4.78, 5) is 14.0. The maximum Gasteiger partial charge on any atom is 0.246 e. The molecule has 1 aromatic carbocycles. The SMILES string of the molecule is C/C=C/C=C/C(=O)N1CCc2noc(-c3ccc(Cl)cc3)c2C1. The van der Waals surface area contributed by atoms with E-state index in [9.17, 15) is 4.79 Å². The number of amides is 1. The van der Waals surface area contributed by atoms with Crippen LogP contribution in [-0.4, -0.2) is 22.5 Å². The van der Waals surface area contributed by atoms with Crippen molar-refractivity contribution < 1.29 is 9.32 Å². The Bertz CT molecular complexity index is 760. The molecule has 0 spiro atoms. The molecule has 2 heterocycles. The molecule has 0 N–H and O–H groups in total. The number of benzene rings is 1. The first-order chi connectivity index (χ1) is 11.2. The van der Waals surface area contributed by atoms with E-state index >= 15 is 0 Å². The number of carbonyl (C=O) groups excluding carboxylic acids is 1. The van der Waals surface area contributed by atoms with Gasteiger partial charge in [-0.2, -0.15) is 0 Å². The summed E-state index contributed by atoms with van der Waals surface area (Å²) in [6, 6.07) is 7.43. The Balaban J connectivity index is 1.84. The first-order valence-electron chi connectivity index (χ1n) is 7.50. The maximum atomic E-state index is 12.2. The molecule has 1 aliphatic rings. The van der Waals surface area contributed by atoms with E-state index in [-0.39, 0.29) is 5.91 Å². The minimum atomic E-state index is -0.00277. The van der Waals surface area contributed by atoms with E-state index < -0.39 is 0 Å². The van der Waals surface area contributed by atoms with E-state index in [1.807, 2.05) is 43.3 Å². The highest BCUT2D eigenvalue weighted by Gasteiger charge is 2.26. The summed E-state index contributed by atoms with van der Waals surface area (Å²) in [5.74, 6) is 0.712. The van der Waals surface area contributed by atoms with Crippen molar-refractivity contribution in [3.63, 3.8) is 0 Å². The minimum absolute atomic E-state index is 0.00277. The third-order valence-corrected chi connectivity index (χ3v) is 4.05. The molecule has 4 nitrogen and oxygen atoms in total. The predicted molar refractivity (Wildman–Crippen MR) is 90.0 cm³/mol. The van der Waals surface area contributed by atoms with E-state index in [2.05, 4.69) is 5.16 Å². The van der Waals surface area contributed by atoms with E-state index in [1.165, 1.54) is 0 Å². The first-order valence-corrected chi connectivity index (χ1v) is 7.88. The fraction of sp³-hybridized carbons (Fsp3) is 0.222. The molecule has 1 aliphatic heterocycles. The summed E-state index contributed by atoms with van der Waals surface area (Å²) in [7, 11) is 0. The predicted octanol–water partition coefficient (Wildman–Crippen LogP) is 4.01. The van der Waals surface area contributed by atoms with Gasteiger partial charge in [0.15, 0.2) is 5.76 Å². The van der Waals surface area contributed by atoms with Gasteiger partial charge in [-0.15, -0.1) is 0 Å². The first kappa shape index (κ1) is 15.6. The lowest BCUT2D eigenvalue weighted by Gasteiger charge is -2.25. The van der Waals surface area contributed by atoms with Crippen molar-refractivity contribution in [2.45, 2.75) is 19.9 Å². The Hall–Kier alpha value is -2.33. The summed E-state index contributed by atoms with van der Waals surface area (Å²) >= 11 is 5.93. The van der Waals surface area contributed by atoms with Gasteiger partial charge in [-0.1, -0.05) is 35.0 Å². The second-order valence-corrected chi connectivity index (χ2v) is 5.77. The Morgan fingerprint density at radius 2 is 2.09 bits per heavy atom. The van der Waals surface area contributed by atoms with Crippen LogP contribution in [0.2, 0.25) is 5.02 Å². The summed E-state index contributed by atoms with van der Waals surface area (Å²) < 4.78 is 5.51. The molecule has 0 aliphatic carbocycles. The van der Waals surface area contributed by atoms with Gasteiger partial charge in [0.2, 0.25) is 5.91 Å². The third kappa shape index (κ3) is 3.37. The van der Waals surface area contributed by atoms with Crippen LogP contribution in [0.15, 0.2) is 53.1 Å². The lowest BCUT2D eigenvalue weighted by atomic mass is 10.0. The molecule has 0 saturated heterocycles. The average molecular weight is 329 g/mol. The molecule has 23 heavy (non-hydrogen) atoms. The van der Waals surface area contributed by atoms with E-state index in [0.29, 0.717) is 30.3 Å². The molecule has 0 radical (unpaired) electrons. The Morgan fingerprint density at radius 3 is 2.83 bits per heavy atom. The molecule has 1 amide bonds. The fourth-order valence-corrected chi connectivity index (χ4v) is 2.71. The zero-order chi connectivity index (χ0) is 16.2. The van der Waals surface area contributed by atoms with Crippen LogP contribution in [0.1, 0.15) is 18.2 Å². The molecule has 3 rings (SSSR count). The zero-order valence-electron chi connectivity index (χ0n) is 12.8. The number of allylic oxidation sites excluding steroid dienone is 3. The molecule has 2 aromatic rings. The lowest BCUT2D eigenvalue weighted by Crippen LogP contribution is -2.34. The maximum absolute atomic E-state index is 12.2. The standard InChI is InChI=1S/C18H17ClN2O2/c1-2-3-4-5-17(22)21-11-10-16-15(12-21)18(23-20-16)13-6-8-14(19)9-7-13/h2-9H,10-12H2,1H3/b3-2+,5-4+. The van der Waals surface area contributed by atoms with Crippen LogP contribution in [0.3, 0.4) is 0 Å². The van der Waals surface area contributed by atoms with Gasteiger partial charge >= 0.3 is 0 Å². The highest BCUT2D eigenvalue weighted by Crippen LogP contribution is 2.31. The van der Waals surface area contributed by atoms with Gasteiger partial charge < -0.3 is 9.42 Å². The number of nitrogens with zero attached hydrogens (tertiary/aromatic N) is 2. The van der Waals surface area contributed by atoms with Gasteiger partial charge in [-0.25, -0.2) is 0 Å². The molecular weight excluding hydrogens is 312 g/mol. The van der Waals surface area contributed by atoms with Crippen molar-refractivity contribution in [2.75, 3.05) is 6.54 Å². The number of hydrogen-bond acceptors (Lipinski definition) is 3. The molecule has 0 unspecified atom stereocenters. The molecule has 118 valence electrons. The summed E-state index contributed by atoms with van der Waals surface area (Å²) in [6.07, 6.45) is 7.77. The highest BCUT2D eigenvalue weighted by molar-refractivity contribution is 6.30.